The van der Waals surface area contributed by atoms with E-state index in [4.69, 9.17) is 0 Å². The minimum Gasteiger partial charge on any atom is -0.298 e. The van der Waals surface area contributed by atoms with Gasteiger partial charge in [0.1, 0.15) is 0 Å². The Morgan fingerprint density at radius 3 is 0.962 bits per heavy atom. The van der Waals surface area contributed by atoms with Crippen molar-refractivity contribution in [2.45, 2.75) is 23.7 Å². The van der Waals surface area contributed by atoms with Crippen molar-refractivity contribution >= 4 is 11.6 Å². The van der Waals surface area contributed by atoms with Gasteiger partial charge in [0.15, 0.2) is 11.6 Å². The molecule has 0 amide bonds. The second kappa shape index (κ2) is 4.04. The van der Waals surface area contributed by atoms with Crippen LogP contribution in [0.2, 0.25) is 0 Å². The Morgan fingerprint density at radius 1 is 0.423 bits per heavy atom. The first-order valence-electron chi connectivity index (χ1n) is 9.18. The molecule has 0 N–H and O–H groups in total. The minimum atomic E-state index is -0.138. The highest BCUT2D eigenvalue weighted by atomic mass is 16.1. The second-order valence-corrected chi connectivity index (χ2v) is 7.90. The first-order chi connectivity index (χ1) is 12.8. The van der Waals surface area contributed by atoms with E-state index >= 15 is 0 Å². The molecule has 4 aliphatic rings. The molecule has 0 radical (unpaired) electrons. The number of carbonyl (C=O) groups excluding carboxylic acids is 2. The fourth-order valence-corrected chi connectivity index (χ4v) is 5.97. The number of carbonyl (C=O) groups is 2. The molecule has 122 valence electrons. The van der Waals surface area contributed by atoms with Crippen molar-refractivity contribution in [3.63, 3.8) is 0 Å². The van der Waals surface area contributed by atoms with Crippen LogP contribution in [-0.4, -0.2) is 11.6 Å². The van der Waals surface area contributed by atoms with Crippen LogP contribution >= 0.6 is 0 Å². The molecule has 0 saturated carbocycles. The highest BCUT2D eigenvalue weighted by molar-refractivity contribution is 6.09. The lowest BCUT2D eigenvalue weighted by Gasteiger charge is -2.23. The summed E-state index contributed by atoms with van der Waals surface area (Å²) in [4.78, 5) is 26.0. The van der Waals surface area contributed by atoms with Crippen molar-refractivity contribution in [1.82, 2.24) is 0 Å². The molecule has 0 heterocycles. The van der Waals surface area contributed by atoms with Crippen LogP contribution in [0.4, 0.5) is 0 Å². The molecule has 4 bridgehead atoms. The molecule has 26 heavy (non-hydrogen) atoms. The van der Waals surface area contributed by atoms with Crippen LogP contribution in [0.5, 0.6) is 0 Å². The van der Waals surface area contributed by atoms with E-state index in [1.807, 2.05) is 24.3 Å². The molecular weight excluding hydrogens is 320 g/mol. The number of hydrogen-bond donors (Lipinski definition) is 0. The minimum absolute atomic E-state index is 0.138. The average molecular weight is 334 g/mol. The van der Waals surface area contributed by atoms with Gasteiger partial charge in [0, 0.05) is 0 Å². The second-order valence-electron chi connectivity index (χ2n) is 7.90. The van der Waals surface area contributed by atoms with Gasteiger partial charge in [-0.15, -0.1) is 0 Å². The number of Topliss-reactive ketones (excluding diaryl/α,β-unsaturated/α-hetero) is 2. The van der Waals surface area contributed by atoms with Crippen molar-refractivity contribution in [3.8, 4) is 0 Å². The standard InChI is InChI=1S/C24H14O2/c25-23-19-11-5-1-2-6-12(11)20(23)16-10-18-17(9-15(16)19)21-13-7-3-4-8-14(13)22(18)24(21)26/h1-10,19-22H/t19-,20?,21-,22?/m1/s1. The third-order valence-corrected chi connectivity index (χ3v) is 6.91. The summed E-state index contributed by atoms with van der Waals surface area (Å²) in [5.41, 5.74) is 9.17. The molecule has 0 aliphatic heterocycles. The zero-order chi connectivity index (χ0) is 17.2. The van der Waals surface area contributed by atoms with Crippen molar-refractivity contribution in [2.24, 2.45) is 0 Å². The number of fused-ring (bicyclic) bond motifs is 16. The molecule has 0 aromatic heterocycles. The Morgan fingerprint density at radius 2 is 0.692 bits per heavy atom. The Bertz CT molecular complexity index is 1020. The Balaban J connectivity index is 1.50. The van der Waals surface area contributed by atoms with E-state index < -0.39 is 0 Å². The maximum absolute atomic E-state index is 13.0. The maximum atomic E-state index is 13.0. The van der Waals surface area contributed by atoms with Crippen molar-refractivity contribution in [2.75, 3.05) is 0 Å². The third-order valence-electron chi connectivity index (χ3n) is 6.91. The summed E-state index contributed by atoms with van der Waals surface area (Å²) in [6.07, 6.45) is 0. The van der Waals surface area contributed by atoms with E-state index in [0.29, 0.717) is 11.6 Å². The number of rotatable bonds is 0. The van der Waals surface area contributed by atoms with Gasteiger partial charge >= 0.3 is 0 Å². The largest absolute Gasteiger partial charge is 0.298 e. The van der Waals surface area contributed by atoms with Gasteiger partial charge in [-0.25, -0.2) is 0 Å². The van der Waals surface area contributed by atoms with E-state index in [1.165, 1.54) is 0 Å². The fraction of sp³-hybridized carbons (Fsp3) is 0.167. The van der Waals surface area contributed by atoms with Crippen LogP contribution < -0.4 is 0 Å². The van der Waals surface area contributed by atoms with Gasteiger partial charge in [-0.3, -0.25) is 9.59 Å². The summed E-state index contributed by atoms with van der Waals surface area (Å²) in [5.74, 6) is 0.0611. The smallest absolute Gasteiger partial charge is 0.156 e. The Hall–Kier alpha value is -3.00. The molecule has 2 unspecified atom stereocenters. The van der Waals surface area contributed by atoms with Crippen LogP contribution in [0.1, 0.15) is 68.2 Å². The van der Waals surface area contributed by atoms with Crippen LogP contribution in [0.3, 0.4) is 0 Å². The summed E-state index contributed by atoms with van der Waals surface area (Å²) in [7, 11) is 0. The zero-order valence-corrected chi connectivity index (χ0v) is 13.9. The molecule has 7 rings (SSSR count). The lowest BCUT2D eigenvalue weighted by molar-refractivity contribution is -0.119. The first kappa shape index (κ1) is 13.2. The molecular formula is C24H14O2. The summed E-state index contributed by atoms with van der Waals surface area (Å²) >= 11 is 0. The van der Waals surface area contributed by atoms with E-state index in [9.17, 15) is 9.59 Å². The van der Waals surface area contributed by atoms with Crippen LogP contribution in [-0.2, 0) is 9.59 Å². The van der Waals surface area contributed by atoms with Crippen molar-refractivity contribution in [3.05, 3.63) is 105 Å². The van der Waals surface area contributed by atoms with Gasteiger partial charge < -0.3 is 0 Å². The fourth-order valence-electron chi connectivity index (χ4n) is 5.97. The molecule has 3 aromatic carbocycles. The van der Waals surface area contributed by atoms with E-state index in [0.717, 1.165) is 44.5 Å². The van der Waals surface area contributed by atoms with Crippen LogP contribution in [0, 0.1) is 0 Å². The monoisotopic (exact) mass is 334 g/mol. The summed E-state index contributed by atoms with van der Waals surface area (Å²) < 4.78 is 0. The molecule has 0 saturated heterocycles. The summed E-state index contributed by atoms with van der Waals surface area (Å²) in [6.45, 7) is 0. The van der Waals surface area contributed by atoms with Crippen molar-refractivity contribution in [1.29, 1.82) is 0 Å². The molecule has 0 spiro atoms. The number of hydrogen-bond acceptors (Lipinski definition) is 2. The van der Waals surface area contributed by atoms with Crippen LogP contribution in [0.15, 0.2) is 60.7 Å². The van der Waals surface area contributed by atoms with Gasteiger partial charge in [0.2, 0.25) is 0 Å². The predicted octanol–water partition coefficient (Wildman–Crippen LogP) is 4.01. The normalized spacial score (nSPS) is 28.2. The van der Waals surface area contributed by atoms with Crippen LogP contribution in [0.25, 0.3) is 0 Å². The Kier molecular flexibility index (Phi) is 2.06. The van der Waals surface area contributed by atoms with E-state index in [2.05, 4.69) is 36.4 Å². The van der Waals surface area contributed by atoms with Gasteiger partial charge in [-0.05, 0) is 44.5 Å². The molecule has 3 aromatic rings. The SMILES string of the molecule is O=C1C2c3ccccc3[C@@H]1c1cc3c(cc12)C1C(=O)[C@@H]3c2ccccc21. The lowest BCUT2D eigenvalue weighted by Crippen LogP contribution is -2.08. The van der Waals surface area contributed by atoms with E-state index in [-0.39, 0.29) is 23.7 Å². The average Bonchev–Trinajstić information content (AvgIpc) is 3.31. The molecule has 0 fully saturated rings. The highest BCUT2D eigenvalue weighted by Crippen LogP contribution is 2.59. The predicted molar refractivity (Wildman–Crippen MR) is 96.7 cm³/mol. The maximum Gasteiger partial charge on any atom is 0.156 e. The van der Waals surface area contributed by atoms with E-state index in [1.54, 1.807) is 0 Å². The third kappa shape index (κ3) is 1.22. The summed E-state index contributed by atoms with van der Waals surface area (Å²) in [6, 6.07) is 20.8. The van der Waals surface area contributed by atoms with Gasteiger partial charge in [-0.1, -0.05) is 60.7 Å². The zero-order valence-electron chi connectivity index (χ0n) is 13.9. The van der Waals surface area contributed by atoms with Gasteiger partial charge in [-0.2, -0.15) is 0 Å². The molecule has 2 heteroatoms. The summed E-state index contributed by atoms with van der Waals surface area (Å²) in [5, 5.41) is 0. The molecule has 2 nitrogen and oxygen atoms in total. The van der Waals surface area contributed by atoms with Gasteiger partial charge in [0.05, 0.1) is 23.7 Å². The number of ketones is 2. The number of benzene rings is 3. The highest BCUT2D eigenvalue weighted by Gasteiger charge is 2.53. The quantitative estimate of drug-likeness (QED) is 0.622. The van der Waals surface area contributed by atoms with Crippen molar-refractivity contribution < 1.29 is 9.59 Å². The van der Waals surface area contributed by atoms with Gasteiger partial charge in [0.25, 0.3) is 0 Å². The molecule has 4 atom stereocenters. The first-order valence-corrected chi connectivity index (χ1v) is 9.18. The Labute approximate surface area is 150 Å². The molecule has 4 aliphatic carbocycles. The topological polar surface area (TPSA) is 34.1 Å². The lowest BCUT2D eigenvalue weighted by atomic mass is 9.79.